The minimum absolute atomic E-state index is 0.0949. The highest BCUT2D eigenvalue weighted by Crippen LogP contribution is 2.34. The monoisotopic (exact) mass is 130 g/mol. The molecule has 0 amide bonds. The van der Waals surface area contributed by atoms with Crippen LogP contribution in [-0.2, 0) is 4.89 Å². The molecule has 1 aliphatic rings. The van der Waals surface area contributed by atoms with E-state index in [-0.39, 0.29) is 6.10 Å². The third-order valence-corrected chi connectivity index (χ3v) is 1.90. The third kappa shape index (κ3) is 2.33. The molecule has 1 N–H and O–H groups in total. The van der Waals surface area contributed by atoms with Gasteiger partial charge in [-0.1, -0.05) is 19.8 Å². The van der Waals surface area contributed by atoms with Crippen LogP contribution < -0.4 is 0 Å². The Morgan fingerprint density at radius 3 is 2.67 bits per heavy atom. The summed E-state index contributed by atoms with van der Waals surface area (Å²) in [5.74, 6) is 0.849. The highest BCUT2D eigenvalue weighted by Gasteiger charge is 2.24. The van der Waals surface area contributed by atoms with Gasteiger partial charge >= 0.3 is 0 Å². The second-order valence-corrected chi connectivity index (χ2v) is 2.81. The maximum absolute atomic E-state index is 8.30. The van der Waals surface area contributed by atoms with Crippen molar-refractivity contribution in [2.75, 3.05) is 0 Å². The van der Waals surface area contributed by atoms with E-state index in [1.807, 2.05) is 6.92 Å². The Morgan fingerprint density at radius 1 is 1.67 bits per heavy atom. The van der Waals surface area contributed by atoms with E-state index in [0.717, 1.165) is 18.8 Å². The van der Waals surface area contributed by atoms with E-state index in [1.54, 1.807) is 0 Å². The number of hydrogen-bond acceptors (Lipinski definition) is 2. The lowest BCUT2D eigenvalue weighted by Crippen LogP contribution is -2.09. The Balaban J connectivity index is 2.05. The fourth-order valence-electron chi connectivity index (χ4n) is 1.01. The molecule has 9 heavy (non-hydrogen) atoms. The second kappa shape index (κ2) is 3.18. The molecule has 1 atom stereocenters. The first-order chi connectivity index (χ1) is 4.36. The molecule has 0 bridgehead atoms. The topological polar surface area (TPSA) is 29.5 Å². The summed E-state index contributed by atoms with van der Waals surface area (Å²) in [6, 6.07) is 0. The summed E-state index contributed by atoms with van der Waals surface area (Å²) in [6.07, 6.45) is 4.73. The second-order valence-electron chi connectivity index (χ2n) is 2.81. The molecule has 1 aliphatic carbocycles. The first-order valence-electron chi connectivity index (χ1n) is 3.67. The molecular weight excluding hydrogens is 116 g/mol. The quantitative estimate of drug-likeness (QED) is 0.466. The predicted octanol–water partition coefficient (Wildman–Crippen LogP) is 2.05. The summed E-state index contributed by atoms with van der Waals surface area (Å²) in [4.78, 5) is 4.25. The first kappa shape index (κ1) is 7.03. The normalized spacial score (nSPS) is 22.0. The summed E-state index contributed by atoms with van der Waals surface area (Å²) in [7, 11) is 0. The molecule has 0 spiro atoms. The Labute approximate surface area is 55.8 Å². The lowest BCUT2D eigenvalue weighted by Gasteiger charge is -2.08. The van der Waals surface area contributed by atoms with Crippen LogP contribution in [0.25, 0.3) is 0 Å². The Bertz CT molecular complexity index is 75.0. The number of rotatable bonds is 4. The van der Waals surface area contributed by atoms with Crippen molar-refractivity contribution in [3.8, 4) is 0 Å². The van der Waals surface area contributed by atoms with Gasteiger partial charge in [-0.25, -0.2) is 4.89 Å². The minimum Gasteiger partial charge on any atom is -0.252 e. The summed E-state index contributed by atoms with van der Waals surface area (Å²) in [6.45, 7) is 2.03. The summed E-state index contributed by atoms with van der Waals surface area (Å²) >= 11 is 0. The van der Waals surface area contributed by atoms with Crippen LogP contribution in [0.1, 0.15) is 32.6 Å². The molecule has 2 nitrogen and oxygen atoms in total. The van der Waals surface area contributed by atoms with Crippen LogP contribution in [-0.4, -0.2) is 11.4 Å². The van der Waals surface area contributed by atoms with E-state index >= 15 is 0 Å². The minimum atomic E-state index is 0.0949. The van der Waals surface area contributed by atoms with Gasteiger partial charge in [-0.05, 0) is 18.8 Å². The molecular formula is C7H14O2. The number of hydrogen-bond donors (Lipinski definition) is 1. The van der Waals surface area contributed by atoms with Crippen molar-refractivity contribution in [3.05, 3.63) is 0 Å². The fraction of sp³-hybridized carbons (Fsp3) is 1.00. The van der Waals surface area contributed by atoms with E-state index in [0.29, 0.717) is 0 Å². The van der Waals surface area contributed by atoms with Gasteiger partial charge in [0.15, 0.2) is 0 Å². The molecule has 1 fully saturated rings. The van der Waals surface area contributed by atoms with Gasteiger partial charge in [0.25, 0.3) is 0 Å². The van der Waals surface area contributed by atoms with Crippen molar-refractivity contribution >= 4 is 0 Å². The summed E-state index contributed by atoms with van der Waals surface area (Å²) in [5, 5.41) is 8.30. The van der Waals surface area contributed by atoms with Gasteiger partial charge in [-0.3, -0.25) is 5.26 Å². The van der Waals surface area contributed by atoms with Crippen molar-refractivity contribution < 1.29 is 10.1 Å². The van der Waals surface area contributed by atoms with E-state index in [1.165, 1.54) is 12.8 Å². The molecule has 0 aromatic rings. The highest BCUT2D eigenvalue weighted by atomic mass is 17.1. The maximum atomic E-state index is 8.30. The SMILES string of the molecule is CCC(CC1CC1)OO. The van der Waals surface area contributed by atoms with Gasteiger partial charge in [0.2, 0.25) is 0 Å². The van der Waals surface area contributed by atoms with Crippen molar-refractivity contribution in [2.45, 2.75) is 38.7 Å². The fourth-order valence-corrected chi connectivity index (χ4v) is 1.01. The molecule has 0 radical (unpaired) electrons. The van der Waals surface area contributed by atoms with Gasteiger partial charge in [-0.2, -0.15) is 0 Å². The largest absolute Gasteiger partial charge is 0.252 e. The van der Waals surface area contributed by atoms with Crippen molar-refractivity contribution in [1.29, 1.82) is 0 Å². The van der Waals surface area contributed by atoms with Crippen LogP contribution in [0.5, 0.6) is 0 Å². The van der Waals surface area contributed by atoms with Gasteiger partial charge in [0.05, 0.1) is 6.10 Å². The Morgan fingerprint density at radius 2 is 2.33 bits per heavy atom. The third-order valence-electron chi connectivity index (χ3n) is 1.90. The standard InChI is InChI=1S/C7H14O2/c1-2-7(9-8)5-6-3-4-6/h6-8H,2-5H2,1H3. The smallest absolute Gasteiger partial charge is 0.0927 e. The molecule has 0 heterocycles. The highest BCUT2D eigenvalue weighted by molar-refractivity contribution is 4.75. The van der Waals surface area contributed by atoms with E-state index in [2.05, 4.69) is 4.89 Å². The zero-order valence-electron chi connectivity index (χ0n) is 5.84. The van der Waals surface area contributed by atoms with E-state index in [4.69, 9.17) is 5.26 Å². The molecule has 1 rings (SSSR count). The first-order valence-corrected chi connectivity index (χ1v) is 3.67. The van der Waals surface area contributed by atoms with Crippen LogP contribution in [0.15, 0.2) is 0 Å². The van der Waals surface area contributed by atoms with Gasteiger partial charge in [-0.15, -0.1) is 0 Å². The molecule has 0 aliphatic heterocycles. The van der Waals surface area contributed by atoms with Crippen molar-refractivity contribution in [3.63, 3.8) is 0 Å². The van der Waals surface area contributed by atoms with E-state index < -0.39 is 0 Å². The zero-order valence-corrected chi connectivity index (χ0v) is 5.84. The van der Waals surface area contributed by atoms with Gasteiger partial charge in [0, 0.05) is 0 Å². The lowest BCUT2D eigenvalue weighted by molar-refractivity contribution is -0.281. The molecule has 0 saturated heterocycles. The van der Waals surface area contributed by atoms with Crippen LogP contribution in [0.3, 0.4) is 0 Å². The Kier molecular flexibility index (Phi) is 2.49. The van der Waals surface area contributed by atoms with Crippen molar-refractivity contribution in [2.24, 2.45) is 5.92 Å². The average molecular weight is 130 g/mol. The van der Waals surface area contributed by atoms with Gasteiger partial charge in [0.1, 0.15) is 0 Å². The van der Waals surface area contributed by atoms with Crippen molar-refractivity contribution in [1.82, 2.24) is 0 Å². The van der Waals surface area contributed by atoms with Crippen LogP contribution in [0, 0.1) is 5.92 Å². The van der Waals surface area contributed by atoms with Crippen LogP contribution in [0.4, 0.5) is 0 Å². The lowest BCUT2D eigenvalue weighted by atomic mass is 10.1. The summed E-state index contributed by atoms with van der Waals surface area (Å²) < 4.78 is 0. The predicted molar refractivity (Wildman–Crippen MR) is 35.1 cm³/mol. The summed E-state index contributed by atoms with van der Waals surface area (Å²) in [5.41, 5.74) is 0. The molecule has 0 aromatic heterocycles. The van der Waals surface area contributed by atoms with Gasteiger partial charge < -0.3 is 0 Å². The van der Waals surface area contributed by atoms with E-state index in [9.17, 15) is 0 Å². The zero-order chi connectivity index (χ0) is 6.69. The average Bonchev–Trinajstić information content (AvgIpc) is 2.66. The molecule has 1 unspecified atom stereocenters. The molecule has 1 saturated carbocycles. The molecule has 2 heteroatoms. The Hall–Kier alpha value is -0.0800. The molecule has 54 valence electrons. The maximum Gasteiger partial charge on any atom is 0.0927 e. The van der Waals surface area contributed by atoms with Crippen LogP contribution >= 0.6 is 0 Å². The van der Waals surface area contributed by atoms with Crippen LogP contribution in [0.2, 0.25) is 0 Å². The molecule has 0 aromatic carbocycles.